The average molecular weight is 390 g/mol. The second-order valence-corrected chi connectivity index (χ2v) is 7.17. The fourth-order valence-electron chi connectivity index (χ4n) is 3.26. The summed E-state index contributed by atoms with van der Waals surface area (Å²) in [6, 6.07) is 11.4. The molecule has 0 N–H and O–H groups in total. The quantitative estimate of drug-likeness (QED) is 0.559. The highest BCUT2D eigenvalue weighted by Crippen LogP contribution is 2.34. The molecule has 0 saturated carbocycles. The number of benzene rings is 2. The number of hydrogen-bond acceptors (Lipinski definition) is 3. The van der Waals surface area contributed by atoms with Crippen LogP contribution in [0.3, 0.4) is 0 Å². The van der Waals surface area contributed by atoms with Gasteiger partial charge in [-0.15, -0.1) is 0 Å². The first-order valence-corrected chi connectivity index (χ1v) is 10.1. The van der Waals surface area contributed by atoms with Crippen molar-refractivity contribution in [2.45, 2.75) is 51.7 Å². The van der Waals surface area contributed by atoms with E-state index in [1.165, 1.54) is 30.5 Å². The molecule has 0 aliphatic carbocycles. The van der Waals surface area contributed by atoms with Crippen molar-refractivity contribution >= 4 is 0 Å². The number of unbranched alkanes of at least 4 members (excludes halogenated alkanes) is 1. The maximum Gasteiger partial charge on any atom is 0.201 e. The molecule has 0 amide bonds. The van der Waals surface area contributed by atoms with Crippen LogP contribution in [0.4, 0.5) is 8.78 Å². The summed E-state index contributed by atoms with van der Waals surface area (Å²) in [6.07, 6.45) is 3.25. The van der Waals surface area contributed by atoms with Crippen molar-refractivity contribution in [1.29, 1.82) is 0 Å². The Morgan fingerprint density at radius 3 is 2.29 bits per heavy atom. The van der Waals surface area contributed by atoms with E-state index in [-0.39, 0.29) is 17.2 Å². The molecule has 5 heteroatoms. The van der Waals surface area contributed by atoms with Gasteiger partial charge in [-0.1, -0.05) is 44.5 Å². The summed E-state index contributed by atoms with van der Waals surface area (Å²) in [5, 5.41) is 0. The molecule has 1 fully saturated rings. The smallest absolute Gasteiger partial charge is 0.201 e. The third-order valence-corrected chi connectivity index (χ3v) is 4.96. The van der Waals surface area contributed by atoms with E-state index in [1.54, 1.807) is 0 Å². The molecule has 3 rings (SSSR count). The van der Waals surface area contributed by atoms with Crippen LogP contribution < -0.4 is 4.74 Å². The molecular formula is C23H28F2O3. The lowest BCUT2D eigenvalue weighted by atomic mass is 9.97. The van der Waals surface area contributed by atoms with E-state index in [0.29, 0.717) is 19.8 Å². The Morgan fingerprint density at radius 1 is 0.929 bits per heavy atom. The van der Waals surface area contributed by atoms with Crippen LogP contribution in [0, 0.1) is 11.6 Å². The Balaban J connectivity index is 1.61. The van der Waals surface area contributed by atoms with E-state index in [1.807, 2.05) is 6.92 Å². The van der Waals surface area contributed by atoms with Gasteiger partial charge >= 0.3 is 0 Å². The van der Waals surface area contributed by atoms with Crippen molar-refractivity contribution < 1.29 is 23.0 Å². The second-order valence-electron chi connectivity index (χ2n) is 7.17. The van der Waals surface area contributed by atoms with Gasteiger partial charge in [-0.3, -0.25) is 0 Å². The summed E-state index contributed by atoms with van der Waals surface area (Å²) in [7, 11) is 0. The molecule has 1 aliphatic heterocycles. The molecule has 2 aromatic rings. The van der Waals surface area contributed by atoms with Crippen molar-refractivity contribution in [3.8, 4) is 5.75 Å². The molecule has 0 aromatic heterocycles. The van der Waals surface area contributed by atoms with Crippen LogP contribution >= 0.6 is 0 Å². The van der Waals surface area contributed by atoms with Crippen LogP contribution in [-0.2, 0) is 15.9 Å². The number of rotatable bonds is 8. The maximum atomic E-state index is 14.4. The summed E-state index contributed by atoms with van der Waals surface area (Å²) in [5.41, 5.74) is 2.52. The Morgan fingerprint density at radius 2 is 1.64 bits per heavy atom. The molecule has 0 atom stereocenters. The number of hydrogen-bond donors (Lipinski definition) is 0. The van der Waals surface area contributed by atoms with Gasteiger partial charge in [0.15, 0.2) is 17.9 Å². The normalized spacial score (nSPS) is 19.6. The van der Waals surface area contributed by atoms with Crippen LogP contribution in [0.5, 0.6) is 5.75 Å². The summed E-state index contributed by atoms with van der Waals surface area (Å²) in [5.74, 6) is -1.98. The molecule has 152 valence electrons. The van der Waals surface area contributed by atoms with Crippen LogP contribution in [0.2, 0.25) is 0 Å². The topological polar surface area (TPSA) is 27.7 Å². The number of halogens is 2. The molecule has 3 nitrogen and oxygen atoms in total. The Bertz CT molecular complexity index is 753. The molecule has 0 radical (unpaired) electrons. The highest BCUT2D eigenvalue weighted by Gasteiger charge is 2.28. The zero-order valence-corrected chi connectivity index (χ0v) is 16.5. The third-order valence-electron chi connectivity index (χ3n) is 4.96. The van der Waals surface area contributed by atoms with Crippen molar-refractivity contribution in [1.82, 2.24) is 0 Å². The zero-order chi connectivity index (χ0) is 19.9. The van der Waals surface area contributed by atoms with Gasteiger partial charge in [0.1, 0.15) is 0 Å². The minimum Gasteiger partial charge on any atom is -0.490 e. The van der Waals surface area contributed by atoms with Crippen LogP contribution in [0.15, 0.2) is 36.4 Å². The SMILES string of the molecule is CCCCc1ccc(C2COC(c3ccc(OCCC)c(F)c3F)OC2)cc1. The maximum absolute atomic E-state index is 14.4. The van der Waals surface area contributed by atoms with Gasteiger partial charge in [0.2, 0.25) is 5.82 Å². The summed E-state index contributed by atoms with van der Waals surface area (Å²) in [6.45, 7) is 5.22. The standard InChI is InChI=1S/C23H28F2O3/c1-3-5-6-16-7-9-17(10-8-16)18-14-27-23(28-15-18)19-11-12-20(26-13-4-2)22(25)21(19)24/h7-12,18,23H,3-6,13-15H2,1-2H3. The van der Waals surface area contributed by atoms with Gasteiger partial charge in [-0.2, -0.15) is 4.39 Å². The highest BCUT2D eigenvalue weighted by atomic mass is 19.2. The van der Waals surface area contributed by atoms with Crippen LogP contribution in [-0.4, -0.2) is 19.8 Å². The highest BCUT2D eigenvalue weighted by molar-refractivity contribution is 5.32. The monoisotopic (exact) mass is 390 g/mol. The van der Waals surface area contributed by atoms with Gasteiger partial charge in [0.25, 0.3) is 0 Å². The average Bonchev–Trinajstić information content (AvgIpc) is 2.74. The fourth-order valence-corrected chi connectivity index (χ4v) is 3.26. The lowest BCUT2D eigenvalue weighted by Crippen LogP contribution is -2.26. The molecule has 0 unspecified atom stereocenters. The molecule has 0 bridgehead atoms. The number of aryl methyl sites for hydroxylation is 1. The van der Waals surface area contributed by atoms with E-state index in [0.717, 1.165) is 18.4 Å². The van der Waals surface area contributed by atoms with Gasteiger partial charge in [-0.05, 0) is 42.5 Å². The molecule has 1 saturated heterocycles. The number of ether oxygens (including phenoxy) is 3. The van der Waals surface area contributed by atoms with Crippen molar-refractivity contribution in [2.75, 3.05) is 19.8 Å². The zero-order valence-electron chi connectivity index (χ0n) is 16.5. The Labute approximate surface area is 165 Å². The van der Waals surface area contributed by atoms with E-state index in [2.05, 4.69) is 31.2 Å². The first-order valence-electron chi connectivity index (χ1n) is 10.1. The Kier molecular flexibility index (Phi) is 7.40. The van der Waals surface area contributed by atoms with Gasteiger partial charge in [-0.25, -0.2) is 4.39 Å². The molecule has 2 aromatic carbocycles. The summed E-state index contributed by atoms with van der Waals surface area (Å²) >= 11 is 0. The molecule has 0 spiro atoms. The van der Waals surface area contributed by atoms with E-state index < -0.39 is 17.9 Å². The Hall–Kier alpha value is -1.98. The third kappa shape index (κ3) is 4.89. The molecule has 28 heavy (non-hydrogen) atoms. The lowest BCUT2D eigenvalue weighted by molar-refractivity contribution is -0.193. The predicted octanol–water partition coefficient (Wildman–Crippen LogP) is 5.93. The lowest BCUT2D eigenvalue weighted by Gasteiger charge is -2.30. The minimum atomic E-state index is -0.997. The fraction of sp³-hybridized carbons (Fsp3) is 0.478. The van der Waals surface area contributed by atoms with Crippen LogP contribution in [0.1, 0.15) is 62.0 Å². The van der Waals surface area contributed by atoms with Crippen molar-refractivity contribution in [3.63, 3.8) is 0 Å². The summed E-state index contributed by atoms with van der Waals surface area (Å²) < 4.78 is 45.3. The van der Waals surface area contributed by atoms with Crippen molar-refractivity contribution in [3.05, 3.63) is 64.7 Å². The first-order chi connectivity index (χ1) is 13.6. The van der Waals surface area contributed by atoms with Crippen molar-refractivity contribution in [2.24, 2.45) is 0 Å². The van der Waals surface area contributed by atoms with E-state index >= 15 is 0 Å². The molecular weight excluding hydrogens is 362 g/mol. The predicted molar refractivity (Wildman–Crippen MR) is 105 cm³/mol. The van der Waals surface area contributed by atoms with Gasteiger partial charge < -0.3 is 14.2 Å². The second kappa shape index (κ2) is 9.99. The summed E-state index contributed by atoms with van der Waals surface area (Å²) in [4.78, 5) is 0. The minimum absolute atomic E-state index is 0.0645. The molecule has 1 aliphatic rings. The molecule has 1 heterocycles. The largest absolute Gasteiger partial charge is 0.490 e. The van der Waals surface area contributed by atoms with E-state index in [9.17, 15) is 8.78 Å². The van der Waals surface area contributed by atoms with E-state index in [4.69, 9.17) is 14.2 Å². The van der Waals surface area contributed by atoms with Gasteiger partial charge in [0.05, 0.1) is 19.8 Å². The van der Waals surface area contributed by atoms with Crippen LogP contribution in [0.25, 0.3) is 0 Å². The first kappa shape index (κ1) is 20.7. The van der Waals surface area contributed by atoms with Gasteiger partial charge in [0, 0.05) is 11.5 Å².